The summed E-state index contributed by atoms with van der Waals surface area (Å²) in [4.78, 5) is 7.49. The van der Waals surface area contributed by atoms with Crippen molar-refractivity contribution in [1.82, 2.24) is 9.97 Å². The van der Waals surface area contributed by atoms with Gasteiger partial charge in [0.05, 0.1) is 11.3 Å². The van der Waals surface area contributed by atoms with Crippen molar-refractivity contribution < 1.29 is 4.39 Å². The molecule has 0 radical (unpaired) electrons. The minimum absolute atomic E-state index is 0.0123. The van der Waals surface area contributed by atoms with Crippen molar-refractivity contribution in [3.05, 3.63) is 52.7 Å². The van der Waals surface area contributed by atoms with Crippen molar-refractivity contribution in [1.29, 1.82) is 5.41 Å². The summed E-state index contributed by atoms with van der Waals surface area (Å²) >= 11 is 5.56. The highest BCUT2D eigenvalue weighted by Gasteiger charge is 2.11. The average Bonchev–Trinajstić information content (AvgIpc) is 2.28. The third-order valence-corrected chi connectivity index (χ3v) is 2.35. The number of hydrogen-bond acceptors (Lipinski definition) is 4. The van der Waals surface area contributed by atoms with Crippen LogP contribution in [0.25, 0.3) is 0 Å². The fraction of sp³-hybridized carbons (Fsp3) is 0. The summed E-state index contributed by atoms with van der Waals surface area (Å²) in [7, 11) is 0. The first-order valence-corrected chi connectivity index (χ1v) is 5.08. The van der Waals surface area contributed by atoms with Gasteiger partial charge in [-0.05, 0) is 23.7 Å². The van der Waals surface area contributed by atoms with E-state index in [0.29, 0.717) is 11.1 Å². The van der Waals surface area contributed by atoms with E-state index in [4.69, 9.17) is 22.7 Å². The van der Waals surface area contributed by atoms with E-state index in [2.05, 4.69) is 9.97 Å². The zero-order chi connectivity index (χ0) is 12.4. The van der Waals surface area contributed by atoms with Crippen molar-refractivity contribution >= 4 is 23.1 Å². The normalized spacial score (nSPS) is 10.2. The summed E-state index contributed by atoms with van der Waals surface area (Å²) in [6.45, 7) is 0. The van der Waals surface area contributed by atoms with E-state index < -0.39 is 5.82 Å². The van der Waals surface area contributed by atoms with Gasteiger partial charge in [0.25, 0.3) is 0 Å². The van der Waals surface area contributed by atoms with Crippen LogP contribution in [-0.2, 0) is 0 Å². The number of nitrogen functional groups attached to an aromatic ring is 1. The van der Waals surface area contributed by atoms with Crippen LogP contribution in [0.4, 0.5) is 10.2 Å². The van der Waals surface area contributed by atoms with E-state index in [0.717, 1.165) is 0 Å². The van der Waals surface area contributed by atoms with E-state index in [9.17, 15) is 4.39 Å². The van der Waals surface area contributed by atoms with E-state index >= 15 is 0 Å². The van der Waals surface area contributed by atoms with Gasteiger partial charge < -0.3 is 5.73 Å². The molecular weight excluding hydrogens is 243 g/mol. The topological polar surface area (TPSA) is 75.7 Å². The van der Waals surface area contributed by atoms with Gasteiger partial charge >= 0.3 is 0 Å². The number of nitrogens with two attached hydrogens (primary N) is 1. The minimum atomic E-state index is -0.416. The molecule has 0 saturated carbocycles. The number of nitrogens with zero attached hydrogens (tertiary/aromatic N) is 2. The highest BCUT2D eigenvalue weighted by Crippen LogP contribution is 2.16. The number of aromatic nitrogens is 2. The van der Waals surface area contributed by atoms with Gasteiger partial charge in [0, 0.05) is 11.8 Å². The molecule has 0 saturated heterocycles. The van der Waals surface area contributed by atoms with Crippen LogP contribution < -0.4 is 5.73 Å². The highest BCUT2D eigenvalue weighted by molar-refractivity contribution is 6.28. The Morgan fingerprint density at radius 1 is 1.41 bits per heavy atom. The van der Waals surface area contributed by atoms with Crippen LogP contribution in [0.2, 0.25) is 5.28 Å². The van der Waals surface area contributed by atoms with Gasteiger partial charge in [0.2, 0.25) is 5.28 Å². The molecule has 3 N–H and O–H groups in total. The fourth-order valence-corrected chi connectivity index (χ4v) is 1.50. The number of benzene rings is 1. The lowest BCUT2D eigenvalue weighted by Crippen LogP contribution is -2.08. The molecule has 17 heavy (non-hydrogen) atoms. The molecule has 1 aromatic carbocycles. The Hall–Kier alpha value is -2.01. The van der Waals surface area contributed by atoms with Gasteiger partial charge in [-0.3, -0.25) is 5.41 Å². The molecule has 0 atom stereocenters. The fourth-order valence-electron chi connectivity index (χ4n) is 1.36. The third-order valence-electron chi connectivity index (χ3n) is 2.17. The first kappa shape index (κ1) is 11.5. The maximum Gasteiger partial charge on any atom is 0.224 e. The smallest absolute Gasteiger partial charge is 0.224 e. The van der Waals surface area contributed by atoms with Crippen molar-refractivity contribution in [3.63, 3.8) is 0 Å². The molecule has 0 spiro atoms. The number of nitrogens with one attached hydrogen (secondary N) is 1. The van der Waals surface area contributed by atoms with E-state index in [1.165, 1.54) is 24.4 Å². The number of rotatable bonds is 2. The molecule has 0 fully saturated rings. The molecule has 0 amide bonds. The zero-order valence-corrected chi connectivity index (χ0v) is 9.37. The molecule has 0 unspecified atom stereocenters. The van der Waals surface area contributed by atoms with Crippen LogP contribution in [0.3, 0.4) is 0 Å². The van der Waals surface area contributed by atoms with Crippen LogP contribution in [-0.4, -0.2) is 15.7 Å². The summed E-state index contributed by atoms with van der Waals surface area (Å²) in [6.07, 6.45) is 1.35. The van der Waals surface area contributed by atoms with Crippen LogP contribution in [0.5, 0.6) is 0 Å². The molecule has 4 nitrogen and oxygen atoms in total. The minimum Gasteiger partial charge on any atom is -0.383 e. The summed E-state index contributed by atoms with van der Waals surface area (Å²) in [5, 5.41) is 7.92. The second kappa shape index (κ2) is 4.47. The number of anilines is 1. The number of hydrogen-bond donors (Lipinski definition) is 2. The van der Waals surface area contributed by atoms with Gasteiger partial charge in [-0.15, -0.1) is 0 Å². The summed E-state index contributed by atoms with van der Waals surface area (Å²) in [6, 6.07) is 5.68. The monoisotopic (exact) mass is 250 g/mol. The predicted octanol–water partition coefficient (Wildman–Crippen LogP) is 2.27. The van der Waals surface area contributed by atoms with E-state index in [-0.39, 0.29) is 16.8 Å². The second-order valence-corrected chi connectivity index (χ2v) is 3.66. The summed E-state index contributed by atoms with van der Waals surface area (Å²) in [5.41, 5.74) is 6.41. The molecule has 0 aliphatic carbocycles. The van der Waals surface area contributed by atoms with Crippen LogP contribution in [0, 0.1) is 11.2 Å². The van der Waals surface area contributed by atoms with E-state index in [1.807, 2.05) is 0 Å². The van der Waals surface area contributed by atoms with Crippen molar-refractivity contribution in [2.75, 3.05) is 5.73 Å². The lowest BCUT2D eigenvalue weighted by molar-refractivity contribution is 0.627. The first-order chi connectivity index (χ1) is 8.08. The molecule has 86 valence electrons. The lowest BCUT2D eigenvalue weighted by Gasteiger charge is -2.06. The molecule has 1 heterocycles. The molecule has 0 bridgehead atoms. The second-order valence-electron chi connectivity index (χ2n) is 3.32. The van der Waals surface area contributed by atoms with Crippen LogP contribution in [0.15, 0.2) is 30.5 Å². The Labute approximate surface area is 102 Å². The largest absolute Gasteiger partial charge is 0.383 e. The van der Waals surface area contributed by atoms with Gasteiger partial charge in [0.1, 0.15) is 11.6 Å². The average molecular weight is 251 g/mol. The van der Waals surface area contributed by atoms with Crippen molar-refractivity contribution in [3.8, 4) is 0 Å². The van der Waals surface area contributed by atoms with Crippen LogP contribution >= 0.6 is 11.6 Å². The summed E-state index contributed by atoms with van der Waals surface area (Å²) in [5.74, 6) is -0.319. The lowest BCUT2D eigenvalue weighted by atomic mass is 10.0. The molecule has 2 rings (SSSR count). The first-order valence-electron chi connectivity index (χ1n) is 4.71. The number of halogens is 2. The molecular formula is C11H8ClFN4. The van der Waals surface area contributed by atoms with Crippen molar-refractivity contribution in [2.24, 2.45) is 0 Å². The standard InChI is InChI=1S/C11H8ClFN4/c12-11-16-5-8(10(15)17-11)9(14)6-2-1-3-7(13)4-6/h1-5,14H,(H2,15,16,17). The molecule has 0 aliphatic rings. The maximum atomic E-state index is 13.0. The predicted molar refractivity (Wildman–Crippen MR) is 63.8 cm³/mol. The van der Waals surface area contributed by atoms with Crippen molar-refractivity contribution in [2.45, 2.75) is 0 Å². The Morgan fingerprint density at radius 2 is 2.18 bits per heavy atom. The quantitative estimate of drug-likeness (QED) is 0.634. The highest BCUT2D eigenvalue weighted by atomic mass is 35.5. The van der Waals surface area contributed by atoms with Gasteiger partial charge in [-0.25, -0.2) is 14.4 Å². The molecule has 6 heteroatoms. The molecule has 2 aromatic rings. The van der Waals surface area contributed by atoms with Gasteiger partial charge in [-0.2, -0.15) is 0 Å². The molecule has 0 aliphatic heterocycles. The Morgan fingerprint density at radius 3 is 2.82 bits per heavy atom. The summed E-state index contributed by atoms with van der Waals surface area (Å²) < 4.78 is 13.0. The van der Waals surface area contributed by atoms with Crippen LogP contribution in [0.1, 0.15) is 11.1 Å². The maximum absolute atomic E-state index is 13.0. The Bertz CT molecular complexity index is 585. The third kappa shape index (κ3) is 2.39. The Kier molecular flexibility index (Phi) is 3.01. The molecule has 1 aromatic heterocycles. The van der Waals surface area contributed by atoms with E-state index in [1.54, 1.807) is 6.07 Å². The SMILES string of the molecule is N=C(c1cccc(F)c1)c1cnc(Cl)nc1N. The zero-order valence-electron chi connectivity index (χ0n) is 8.61. The van der Waals surface area contributed by atoms with Gasteiger partial charge in [-0.1, -0.05) is 12.1 Å². The van der Waals surface area contributed by atoms with Gasteiger partial charge in [0.15, 0.2) is 0 Å². The Balaban J connectivity index is 2.44.